The molecule has 0 saturated carbocycles. The Labute approximate surface area is 403 Å². The summed E-state index contributed by atoms with van der Waals surface area (Å²) in [4.78, 5) is 51.2. The van der Waals surface area contributed by atoms with Crippen molar-refractivity contribution in [3.8, 4) is 17.0 Å². The van der Waals surface area contributed by atoms with Gasteiger partial charge in [-0.3, -0.25) is 4.79 Å². The van der Waals surface area contributed by atoms with Crippen LogP contribution in [0.4, 0.5) is 34.9 Å². The Hall–Kier alpha value is -7.09. The number of fused-ring (bicyclic) bond motifs is 3. The number of amides is 1. The molecule has 19 heteroatoms. The molecule has 1 aliphatic rings. The number of carbonyl (C=O) groups is 1. The predicted molar refractivity (Wildman–Crippen MR) is 274 cm³/mol. The van der Waals surface area contributed by atoms with Gasteiger partial charge >= 0.3 is 0 Å². The van der Waals surface area contributed by atoms with E-state index in [0.717, 1.165) is 68.6 Å². The predicted octanol–water partition coefficient (Wildman–Crippen LogP) is 7.16. The smallest absolute Gasteiger partial charge is 0.252 e. The highest BCUT2D eigenvalue weighted by atomic mass is 79.9. The van der Waals surface area contributed by atoms with Crippen molar-refractivity contribution in [2.75, 3.05) is 86.3 Å². The maximum absolute atomic E-state index is 14.7. The lowest BCUT2D eigenvalue weighted by Gasteiger charge is -2.36. The highest BCUT2D eigenvalue weighted by Crippen LogP contribution is 2.39. The van der Waals surface area contributed by atoms with Crippen molar-refractivity contribution in [3.63, 3.8) is 0 Å². The summed E-state index contributed by atoms with van der Waals surface area (Å²) < 4.78 is 10.5. The summed E-state index contributed by atoms with van der Waals surface area (Å²) in [5.41, 5.74) is 8.43. The zero-order valence-corrected chi connectivity index (χ0v) is 41.3. The maximum atomic E-state index is 14.7. The van der Waals surface area contributed by atoms with Gasteiger partial charge in [0.15, 0.2) is 5.65 Å². The van der Waals surface area contributed by atoms with Gasteiger partial charge in [-0.2, -0.15) is 19.6 Å². The number of likely N-dealkylation sites (N-methyl/N-ethyl adjacent to an activating group) is 2. The second-order valence-electron chi connectivity index (χ2n) is 17.9. The molecule has 0 spiro atoms. The maximum Gasteiger partial charge on any atom is 0.252 e. The monoisotopic (exact) mass is 980 g/mol. The highest BCUT2D eigenvalue weighted by molar-refractivity contribution is 9.10. The van der Waals surface area contributed by atoms with Gasteiger partial charge in [0.1, 0.15) is 11.6 Å². The van der Waals surface area contributed by atoms with Crippen LogP contribution in [0, 0.1) is 6.92 Å². The number of hydrogen-bond donors (Lipinski definition) is 4. The normalized spacial score (nSPS) is 15.1. The van der Waals surface area contributed by atoms with E-state index in [1.807, 2.05) is 82.5 Å². The number of aryl methyl sites for hydroxylation is 2. The minimum Gasteiger partial charge on any atom is -0.494 e. The van der Waals surface area contributed by atoms with Crippen LogP contribution in [0.2, 0.25) is 0 Å². The summed E-state index contributed by atoms with van der Waals surface area (Å²) in [5.74, 6) is 2.24. The number of piperazine rings is 1. The van der Waals surface area contributed by atoms with Gasteiger partial charge in [-0.1, -0.05) is 30.8 Å². The van der Waals surface area contributed by atoms with Crippen molar-refractivity contribution < 1.29 is 9.53 Å². The summed E-state index contributed by atoms with van der Waals surface area (Å²) in [6, 6.07) is 20.4. The Balaban J connectivity index is 1.06. The number of imidazole rings is 1. The summed E-state index contributed by atoms with van der Waals surface area (Å²) in [6.45, 7) is 13.9. The largest absolute Gasteiger partial charge is 0.494 e. The molecule has 0 bridgehead atoms. The molecule has 0 aliphatic carbocycles. The Bertz CT molecular complexity index is 3150. The number of rotatable bonds is 16. The minimum absolute atomic E-state index is 0.0706. The van der Waals surface area contributed by atoms with Crippen LogP contribution in [-0.4, -0.2) is 128 Å². The number of nitrogens with one attached hydrogen (secondary N) is 4. The number of methoxy groups -OCH3 is 1. The molecule has 2 atom stereocenters. The Morgan fingerprint density at radius 2 is 1.78 bits per heavy atom. The van der Waals surface area contributed by atoms with Crippen molar-refractivity contribution in [3.05, 3.63) is 107 Å². The molecule has 6 heterocycles. The molecule has 5 aromatic heterocycles. The molecule has 1 fully saturated rings. The first-order valence-corrected chi connectivity index (χ1v) is 23.3. The standard InChI is InChI=1S/C49H57BrN16O2/c1-29-14-15-37-38(20-29)55-44(54-37)28-65(49-60-48(59-45-35(50)23-52-66(45)49)64-25-31(3)53-32(4)26-64)24-30(2)46(67)56-39-21-40(43(68-9)22-42(39)62(7)19-18-61(5)6)58-47-51-17-16-36(57-47)34-27-63(8)41-13-11-10-12-33(34)41/h10-17,20-23,27,31-32,53H,2,18-19,24-26,28H2,1,3-9H3,(H,54,55)(H,56,67)(H,51,57,58)/t31-,32+. The highest BCUT2D eigenvalue weighted by Gasteiger charge is 2.28. The molecule has 352 valence electrons. The number of benzene rings is 3. The van der Waals surface area contributed by atoms with Gasteiger partial charge in [0.2, 0.25) is 17.8 Å². The lowest BCUT2D eigenvalue weighted by molar-refractivity contribution is -0.112. The summed E-state index contributed by atoms with van der Waals surface area (Å²) in [7, 11) is 9.69. The number of halogens is 1. The van der Waals surface area contributed by atoms with Crippen LogP contribution in [0.5, 0.6) is 5.75 Å². The molecule has 68 heavy (non-hydrogen) atoms. The molecule has 0 radical (unpaired) electrons. The average molecular weight is 982 g/mol. The second-order valence-corrected chi connectivity index (χ2v) is 18.8. The van der Waals surface area contributed by atoms with Crippen LogP contribution in [0.25, 0.3) is 38.8 Å². The molecular formula is C49H57BrN16O2. The van der Waals surface area contributed by atoms with Crippen molar-refractivity contribution in [2.45, 2.75) is 39.4 Å². The summed E-state index contributed by atoms with van der Waals surface area (Å²) >= 11 is 3.69. The van der Waals surface area contributed by atoms with E-state index in [1.165, 1.54) is 0 Å². The van der Waals surface area contributed by atoms with Crippen LogP contribution in [0.3, 0.4) is 0 Å². The van der Waals surface area contributed by atoms with Gasteiger partial charge in [-0.25, -0.2) is 15.0 Å². The number of ether oxygens (including phenoxy) is 1. The Morgan fingerprint density at radius 1 is 0.985 bits per heavy atom. The number of hydrogen-bond acceptors (Lipinski definition) is 14. The topological polar surface area (TPSA) is 178 Å². The first-order chi connectivity index (χ1) is 32.7. The van der Waals surface area contributed by atoms with Crippen LogP contribution in [-0.2, 0) is 18.4 Å². The summed E-state index contributed by atoms with van der Waals surface area (Å²) in [5, 5.41) is 16.0. The van der Waals surface area contributed by atoms with Crippen molar-refractivity contribution in [1.82, 2.24) is 54.3 Å². The number of H-pyrrole nitrogens is 1. The lowest BCUT2D eigenvalue weighted by atomic mass is 10.1. The quantitative estimate of drug-likeness (QED) is 0.0718. The number of aromatic nitrogens is 9. The third-order valence-corrected chi connectivity index (χ3v) is 12.6. The zero-order valence-electron chi connectivity index (χ0n) is 39.7. The van der Waals surface area contributed by atoms with Crippen molar-refractivity contribution in [2.24, 2.45) is 7.05 Å². The van der Waals surface area contributed by atoms with Gasteiger partial charge in [-0.15, -0.1) is 0 Å². The van der Waals surface area contributed by atoms with E-state index in [1.54, 1.807) is 24.0 Å². The van der Waals surface area contributed by atoms with Crippen molar-refractivity contribution >= 4 is 84.3 Å². The first kappa shape index (κ1) is 46.0. The minimum atomic E-state index is -0.389. The average Bonchev–Trinajstić information content (AvgIpc) is 4.01. The lowest BCUT2D eigenvalue weighted by Crippen LogP contribution is -2.54. The third-order valence-electron chi connectivity index (χ3n) is 12.1. The summed E-state index contributed by atoms with van der Waals surface area (Å²) in [6.07, 6.45) is 5.51. The molecule has 1 aliphatic heterocycles. The van der Waals surface area contributed by atoms with Gasteiger partial charge in [0.25, 0.3) is 5.91 Å². The van der Waals surface area contributed by atoms with Crippen LogP contribution in [0.15, 0.2) is 95.9 Å². The van der Waals surface area contributed by atoms with E-state index in [2.05, 4.69) is 106 Å². The van der Waals surface area contributed by atoms with E-state index in [0.29, 0.717) is 53.0 Å². The van der Waals surface area contributed by atoms with Crippen LogP contribution < -0.4 is 35.4 Å². The van der Waals surface area contributed by atoms with E-state index >= 15 is 0 Å². The van der Waals surface area contributed by atoms with E-state index in [4.69, 9.17) is 29.8 Å². The van der Waals surface area contributed by atoms with Crippen LogP contribution in [0.1, 0.15) is 25.2 Å². The molecule has 0 unspecified atom stereocenters. The molecular weight excluding hydrogens is 925 g/mol. The van der Waals surface area contributed by atoms with Gasteiger partial charge < -0.3 is 49.8 Å². The second kappa shape index (κ2) is 19.3. The molecule has 8 aromatic rings. The van der Waals surface area contributed by atoms with Gasteiger partial charge in [0, 0.05) is 92.9 Å². The number of anilines is 6. The Morgan fingerprint density at radius 3 is 2.56 bits per heavy atom. The molecule has 9 rings (SSSR count). The van der Waals surface area contributed by atoms with Crippen LogP contribution >= 0.6 is 15.9 Å². The number of para-hydroxylation sites is 1. The van der Waals surface area contributed by atoms with E-state index in [-0.39, 0.29) is 36.7 Å². The first-order valence-electron chi connectivity index (χ1n) is 22.5. The van der Waals surface area contributed by atoms with Gasteiger partial charge in [-0.05, 0) is 86.7 Å². The fourth-order valence-electron chi connectivity index (χ4n) is 8.76. The molecule has 3 aromatic carbocycles. The van der Waals surface area contributed by atoms with Gasteiger partial charge in [0.05, 0.1) is 64.7 Å². The Kier molecular flexibility index (Phi) is 13.0. The third kappa shape index (κ3) is 9.67. The van der Waals surface area contributed by atoms with Crippen molar-refractivity contribution in [1.29, 1.82) is 0 Å². The van der Waals surface area contributed by atoms with E-state index < -0.39 is 0 Å². The fraction of sp³-hybridized carbons (Fsp3) is 0.327. The molecule has 1 amide bonds. The SMILES string of the molecule is C=C(CN(Cc1nc2ccc(C)cc2[nH]1)c1nc(N2C[C@@H](C)N[C@@H](C)C2)nc2c(Br)cnn12)C(=O)Nc1cc(Nc2nccc(-c3cn(C)c4ccccc34)n2)c(OC)cc1N(C)CCN(C)C. The molecule has 1 saturated heterocycles. The van der Waals surface area contributed by atoms with E-state index in [9.17, 15) is 4.79 Å². The number of aromatic amines is 1. The molecule has 18 nitrogen and oxygen atoms in total. The molecule has 4 N–H and O–H groups in total. The number of carbonyl (C=O) groups excluding carboxylic acids is 1. The number of nitrogens with zero attached hydrogens (tertiary/aromatic N) is 12. The zero-order chi connectivity index (χ0) is 47.8. The fourth-order valence-corrected chi connectivity index (χ4v) is 9.11.